The molecule has 0 aromatic heterocycles. The van der Waals surface area contributed by atoms with E-state index in [9.17, 15) is 9.90 Å². The molecule has 0 aliphatic carbocycles. The Hall–Kier alpha value is -1.61. The molecule has 0 heterocycles. The van der Waals surface area contributed by atoms with Crippen LogP contribution in [-0.2, 0) is 9.53 Å². The monoisotopic (exact) mass is 220 g/mol. The molecule has 3 nitrogen and oxygen atoms in total. The molecule has 1 aromatic rings. The number of hydrogen-bond acceptors (Lipinski definition) is 3. The van der Waals surface area contributed by atoms with Gasteiger partial charge in [0.2, 0.25) is 0 Å². The second-order valence-electron chi connectivity index (χ2n) is 3.41. The first-order valence-electron chi connectivity index (χ1n) is 5.19. The lowest BCUT2D eigenvalue weighted by molar-refractivity contribution is -0.139. The Labute approximate surface area is 95.4 Å². The van der Waals surface area contributed by atoms with E-state index in [0.29, 0.717) is 6.42 Å². The first kappa shape index (κ1) is 12.5. The number of esters is 1. The van der Waals surface area contributed by atoms with Crippen LogP contribution in [0.25, 0.3) is 0 Å². The molecule has 0 amide bonds. The van der Waals surface area contributed by atoms with Crippen LogP contribution in [0.15, 0.2) is 42.5 Å². The number of methoxy groups -OCH3 is 1. The van der Waals surface area contributed by atoms with Gasteiger partial charge in [0.05, 0.1) is 19.6 Å². The summed E-state index contributed by atoms with van der Waals surface area (Å²) in [4.78, 5) is 10.8. The second kappa shape index (κ2) is 6.80. The SMILES string of the molecule is COC(=O)C/C=C/CC(O)c1ccccc1. The number of carbonyl (C=O) groups excluding carboxylic acids is 1. The van der Waals surface area contributed by atoms with E-state index >= 15 is 0 Å². The fraction of sp³-hybridized carbons (Fsp3) is 0.308. The van der Waals surface area contributed by atoms with Gasteiger partial charge in [-0.25, -0.2) is 0 Å². The van der Waals surface area contributed by atoms with Crippen LogP contribution in [0.1, 0.15) is 24.5 Å². The summed E-state index contributed by atoms with van der Waals surface area (Å²) < 4.78 is 4.49. The van der Waals surface area contributed by atoms with Crippen LogP contribution < -0.4 is 0 Å². The predicted octanol–water partition coefficient (Wildman–Crippen LogP) is 2.23. The standard InChI is InChI=1S/C13H16O3/c1-16-13(15)10-6-5-9-12(14)11-7-3-2-4-8-11/h2-8,12,14H,9-10H2,1H3/b6-5+. The fourth-order valence-corrected chi connectivity index (χ4v) is 1.30. The van der Waals surface area contributed by atoms with Crippen molar-refractivity contribution in [2.75, 3.05) is 7.11 Å². The zero-order chi connectivity index (χ0) is 11.8. The molecule has 0 fully saturated rings. The molecule has 1 aromatic carbocycles. The number of carbonyl (C=O) groups is 1. The summed E-state index contributed by atoms with van der Waals surface area (Å²) in [7, 11) is 1.36. The molecule has 0 saturated carbocycles. The molecule has 0 spiro atoms. The molecule has 1 rings (SSSR count). The molecule has 1 atom stereocenters. The zero-order valence-corrected chi connectivity index (χ0v) is 9.30. The van der Waals surface area contributed by atoms with Crippen molar-refractivity contribution in [2.45, 2.75) is 18.9 Å². The largest absolute Gasteiger partial charge is 0.469 e. The van der Waals surface area contributed by atoms with Gasteiger partial charge in [0.25, 0.3) is 0 Å². The number of aliphatic hydroxyl groups is 1. The van der Waals surface area contributed by atoms with Gasteiger partial charge in [-0.15, -0.1) is 0 Å². The van der Waals surface area contributed by atoms with E-state index in [1.807, 2.05) is 30.3 Å². The van der Waals surface area contributed by atoms with Gasteiger partial charge in [0.15, 0.2) is 0 Å². The van der Waals surface area contributed by atoms with Crippen LogP contribution in [0.2, 0.25) is 0 Å². The van der Waals surface area contributed by atoms with Crippen LogP contribution in [-0.4, -0.2) is 18.2 Å². The molecule has 0 aliphatic rings. The van der Waals surface area contributed by atoms with E-state index in [1.165, 1.54) is 7.11 Å². The van der Waals surface area contributed by atoms with E-state index < -0.39 is 6.10 Å². The van der Waals surface area contributed by atoms with Gasteiger partial charge in [-0.05, 0) is 12.0 Å². The summed E-state index contributed by atoms with van der Waals surface area (Å²) in [5.74, 6) is -0.273. The average molecular weight is 220 g/mol. The summed E-state index contributed by atoms with van der Waals surface area (Å²) >= 11 is 0. The van der Waals surface area contributed by atoms with Crippen molar-refractivity contribution in [2.24, 2.45) is 0 Å². The minimum absolute atomic E-state index is 0.248. The average Bonchev–Trinajstić information content (AvgIpc) is 2.35. The highest BCUT2D eigenvalue weighted by Crippen LogP contribution is 2.16. The predicted molar refractivity (Wildman–Crippen MR) is 61.8 cm³/mol. The normalized spacial score (nSPS) is 12.6. The van der Waals surface area contributed by atoms with Crippen molar-refractivity contribution in [1.82, 2.24) is 0 Å². The van der Waals surface area contributed by atoms with Gasteiger partial charge in [0, 0.05) is 0 Å². The Morgan fingerprint density at radius 1 is 1.38 bits per heavy atom. The van der Waals surface area contributed by atoms with Gasteiger partial charge in [-0.1, -0.05) is 42.5 Å². The molecule has 16 heavy (non-hydrogen) atoms. The summed E-state index contributed by atoms with van der Waals surface area (Å²) in [6.07, 6.45) is 3.72. The third kappa shape index (κ3) is 4.28. The summed E-state index contributed by atoms with van der Waals surface area (Å²) in [5, 5.41) is 9.78. The van der Waals surface area contributed by atoms with Gasteiger partial charge in [0.1, 0.15) is 0 Å². The van der Waals surface area contributed by atoms with Crippen molar-refractivity contribution in [3.05, 3.63) is 48.0 Å². The maximum atomic E-state index is 10.8. The van der Waals surface area contributed by atoms with E-state index in [1.54, 1.807) is 12.2 Å². The maximum Gasteiger partial charge on any atom is 0.309 e. The Bertz CT molecular complexity index is 343. The third-order valence-electron chi connectivity index (χ3n) is 2.22. The fourth-order valence-electron chi connectivity index (χ4n) is 1.30. The van der Waals surface area contributed by atoms with Gasteiger partial charge < -0.3 is 9.84 Å². The minimum atomic E-state index is -0.518. The van der Waals surface area contributed by atoms with E-state index in [2.05, 4.69) is 4.74 Å². The van der Waals surface area contributed by atoms with E-state index in [-0.39, 0.29) is 12.4 Å². The van der Waals surface area contributed by atoms with Crippen molar-refractivity contribution < 1.29 is 14.6 Å². The molecule has 3 heteroatoms. The summed E-state index contributed by atoms with van der Waals surface area (Å²) in [6, 6.07) is 9.42. The number of hydrogen-bond donors (Lipinski definition) is 1. The first-order chi connectivity index (χ1) is 7.74. The minimum Gasteiger partial charge on any atom is -0.469 e. The Balaban J connectivity index is 2.36. The lowest BCUT2D eigenvalue weighted by Gasteiger charge is -2.07. The van der Waals surface area contributed by atoms with Crippen molar-refractivity contribution in [3.8, 4) is 0 Å². The topological polar surface area (TPSA) is 46.5 Å². The molecular weight excluding hydrogens is 204 g/mol. The highest BCUT2D eigenvalue weighted by molar-refractivity contribution is 5.70. The van der Waals surface area contributed by atoms with Crippen molar-refractivity contribution in [1.29, 1.82) is 0 Å². The lowest BCUT2D eigenvalue weighted by Crippen LogP contribution is -1.97. The van der Waals surface area contributed by atoms with E-state index in [0.717, 1.165) is 5.56 Å². The maximum absolute atomic E-state index is 10.8. The van der Waals surface area contributed by atoms with Gasteiger partial charge in [-0.2, -0.15) is 0 Å². The molecule has 0 radical (unpaired) electrons. The number of benzene rings is 1. The highest BCUT2D eigenvalue weighted by atomic mass is 16.5. The highest BCUT2D eigenvalue weighted by Gasteiger charge is 2.03. The van der Waals surface area contributed by atoms with Crippen molar-refractivity contribution in [3.63, 3.8) is 0 Å². The summed E-state index contributed by atoms with van der Waals surface area (Å²) in [6.45, 7) is 0. The second-order valence-corrected chi connectivity index (χ2v) is 3.41. The third-order valence-corrected chi connectivity index (χ3v) is 2.22. The zero-order valence-electron chi connectivity index (χ0n) is 9.30. The van der Waals surface area contributed by atoms with Crippen molar-refractivity contribution >= 4 is 5.97 Å². The molecule has 0 aliphatic heterocycles. The van der Waals surface area contributed by atoms with Crippen LogP contribution in [0.3, 0.4) is 0 Å². The van der Waals surface area contributed by atoms with Crippen LogP contribution in [0.5, 0.6) is 0 Å². The Kier molecular flexibility index (Phi) is 5.29. The molecule has 1 N–H and O–H groups in total. The summed E-state index contributed by atoms with van der Waals surface area (Å²) in [5.41, 5.74) is 0.880. The molecule has 0 bridgehead atoms. The molecule has 1 unspecified atom stereocenters. The van der Waals surface area contributed by atoms with Crippen LogP contribution in [0, 0.1) is 0 Å². The number of aliphatic hydroxyl groups excluding tert-OH is 1. The van der Waals surface area contributed by atoms with Crippen LogP contribution >= 0.6 is 0 Å². The smallest absolute Gasteiger partial charge is 0.309 e. The molecule has 86 valence electrons. The quantitative estimate of drug-likeness (QED) is 0.611. The number of ether oxygens (including phenoxy) is 1. The molecular formula is C13H16O3. The first-order valence-corrected chi connectivity index (χ1v) is 5.19. The number of rotatable bonds is 5. The van der Waals surface area contributed by atoms with Gasteiger partial charge in [-0.3, -0.25) is 4.79 Å². The lowest BCUT2D eigenvalue weighted by atomic mass is 10.1. The van der Waals surface area contributed by atoms with Gasteiger partial charge >= 0.3 is 5.97 Å². The molecule has 0 saturated heterocycles. The van der Waals surface area contributed by atoms with E-state index in [4.69, 9.17) is 0 Å². The van der Waals surface area contributed by atoms with Crippen LogP contribution in [0.4, 0.5) is 0 Å². The Morgan fingerprint density at radius 3 is 2.69 bits per heavy atom. The Morgan fingerprint density at radius 2 is 2.06 bits per heavy atom.